The molecular formula is C15H15N2NaO3S. The van der Waals surface area contributed by atoms with Gasteiger partial charge in [0.1, 0.15) is 0 Å². The summed E-state index contributed by atoms with van der Waals surface area (Å²) in [6.45, 7) is 1.93. The smallest absolute Gasteiger partial charge is 0.550 e. The van der Waals surface area contributed by atoms with Crippen LogP contribution in [-0.4, -0.2) is 16.9 Å². The number of hydrogen-bond acceptors (Lipinski definition) is 5. The van der Waals surface area contributed by atoms with E-state index in [1.54, 1.807) is 11.3 Å². The van der Waals surface area contributed by atoms with E-state index in [1.165, 1.54) is 0 Å². The number of rotatable bonds is 4. The maximum Gasteiger partial charge on any atom is 1.00 e. The van der Waals surface area contributed by atoms with Crippen molar-refractivity contribution >= 4 is 39.1 Å². The zero-order valence-electron chi connectivity index (χ0n) is 12.6. The minimum absolute atomic E-state index is 0. The molecule has 1 heterocycles. The van der Waals surface area contributed by atoms with Gasteiger partial charge in [-0.1, -0.05) is 6.42 Å². The fraction of sp³-hybridized carbons (Fsp3) is 0.400. The molecule has 1 aromatic heterocycles. The van der Waals surface area contributed by atoms with E-state index >= 15 is 0 Å². The first-order chi connectivity index (χ1) is 9.98. The number of carboxylic acid groups (broad SMARTS) is 1. The van der Waals surface area contributed by atoms with Crippen molar-refractivity contribution in [1.29, 1.82) is 0 Å². The number of nitrogens with zero attached hydrogens (tertiary/aromatic N) is 1. The number of nitrogens with one attached hydrogen (secondary N) is 1. The predicted molar refractivity (Wildman–Crippen MR) is 78.9 cm³/mol. The van der Waals surface area contributed by atoms with Gasteiger partial charge in [-0.3, -0.25) is 4.79 Å². The maximum atomic E-state index is 12.0. The second-order valence-electron chi connectivity index (χ2n) is 5.56. The Bertz CT molecular complexity index is 725. The average molecular weight is 326 g/mol. The zero-order chi connectivity index (χ0) is 15.0. The Kier molecular flexibility index (Phi) is 5.27. The summed E-state index contributed by atoms with van der Waals surface area (Å²) in [5.41, 5.74) is 0.518. The van der Waals surface area contributed by atoms with Gasteiger partial charge < -0.3 is 15.2 Å². The van der Waals surface area contributed by atoms with E-state index in [4.69, 9.17) is 0 Å². The molecule has 0 atom stereocenters. The number of benzene rings is 1. The number of fused-ring (bicyclic) bond motifs is 1. The molecule has 1 aliphatic carbocycles. The minimum atomic E-state index is -1.12. The topological polar surface area (TPSA) is 82.1 Å². The number of aryl methyl sites for hydroxylation is 1. The number of carbonyl (C=O) groups excluding carboxylic acids is 2. The summed E-state index contributed by atoms with van der Waals surface area (Å²) in [6.07, 6.45) is 1.86. The predicted octanol–water partition coefficient (Wildman–Crippen LogP) is -1.14. The van der Waals surface area contributed by atoms with E-state index in [1.807, 2.05) is 25.1 Å². The maximum absolute atomic E-state index is 12.0. The van der Waals surface area contributed by atoms with Crippen LogP contribution in [0.1, 0.15) is 30.7 Å². The van der Waals surface area contributed by atoms with Crippen molar-refractivity contribution in [3.8, 4) is 0 Å². The molecule has 110 valence electrons. The summed E-state index contributed by atoms with van der Waals surface area (Å²) in [5.74, 6) is -1.40. The number of aromatic nitrogens is 1. The van der Waals surface area contributed by atoms with E-state index in [9.17, 15) is 14.7 Å². The fourth-order valence-corrected chi connectivity index (χ4v) is 3.50. The zero-order valence-corrected chi connectivity index (χ0v) is 15.5. The molecular weight excluding hydrogens is 311 g/mol. The molecule has 1 aromatic carbocycles. The summed E-state index contributed by atoms with van der Waals surface area (Å²) in [4.78, 5) is 27.6. The molecule has 22 heavy (non-hydrogen) atoms. The van der Waals surface area contributed by atoms with Crippen molar-refractivity contribution < 1.29 is 44.3 Å². The number of aliphatic carboxylic acids is 1. The van der Waals surface area contributed by atoms with Crippen LogP contribution < -0.4 is 40.0 Å². The van der Waals surface area contributed by atoms with Crippen molar-refractivity contribution in [3.05, 3.63) is 23.2 Å². The van der Waals surface area contributed by atoms with E-state index in [0.717, 1.165) is 21.6 Å². The summed E-state index contributed by atoms with van der Waals surface area (Å²) in [7, 11) is 0. The molecule has 1 saturated carbocycles. The van der Waals surface area contributed by atoms with Gasteiger partial charge in [0, 0.05) is 23.5 Å². The first kappa shape index (κ1) is 17.4. The van der Waals surface area contributed by atoms with Gasteiger partial charge in [-0.2, -0.15) is 0 Å². The van der Waals surface area contributed by atoms with Crippen molar-refractivity contribution in [1.82, 2.24) is 4.98 Å². The Hall–Kier alpha value is -0.950. The van der Waals surface area contributed by atoms with E-state index < -0.39 is 11.4 Å². The number of carboxylic acids is 1. The number of anilines is 1. The molecule has 0 radical (unpaired) electrons. The molecule has 1 aliphatic rings. The fourth-order valence-electron chi connectivity index (χ4n) is 2.69. The van der Waals surface area contributed by atoms with Crippen LogP contribution in [0.4, 0.5) is 5.69 Å². The molecule has 0 saturated heterocycles. The van der Waals surface area contributed by atoms with Crippen LogP contribution in [0.15, 0.2) is 18.2 Å². The molecule has 2 aromatic rings. The number of thiazole rings is 1. The Morgan fingerprint density at radius 1 is 1.41 bits per heavy atom. The van der Waals surface area contributed by atoms with Crippen LogP contribution in [0.2, 0.25) is 0 Å². The third kappa shape index (κ3) is 3.35. The van der Waals surface area contributed by atoms with E-state index in [0.29, 0.717) is 18.5 Å². The molecule has 0 aliphatic heterocycles. The summed E-state index contributed by atoms with van der Waals surface area (Å²) in [5, 5.41) is 14.9. The van der Waals surface area contributed by atoms with Crippen LogP contribution in [0.5, 0.6) is 0 Å². The summed E-state index contributed by atoms with van der Waals surface area (Å²) >= 11 is 1.60. The molecule has 0 bridgehead atoms. The molecule has 1 fully saturated rings. The second kappa shape index (κ2) is 6.66. The average Bonchev–Trinajstić information content (AvgIpc) is 2.72. The van der Waals surface area contributed by atoms with Crippen molar-refractivity contribution in [2.24, 2.45) is 5.41 Å². The Morgan fingerprint density at radius 3 is 2.73 bits per heavy atom. The standard InChI is InChI=1S/C15H16N2O3S.Na/c1-9-16-11-7-10(3-4-12(11)21-9)17-13(18)8-15(14(19)20)5-2-6-15;/h3-4,7H,2,5-6,8H2,1H3,(H,17,18)(H,19,20);/q;+1/p-1. The first-order valence-electron chi connectivity index (χ1n) is 6.87. The van der Waals surface area contributed by atoms with Crippen molar-refractivity contribution in [2.45, 2.75) is 32.6 Å². The van der Waals surface area contributed by atoms with Gasteiger partial charge in [0.05, 0.1) is 15.2 Å². The Balaban J connectivity index is 0.00000176. The van der Waals surface area contributed by atoms with Crippen LogP contribution in [0.25, 0.3) is 10.2 Å². The molecule has 1 amide bonds. The van der Waals surface area contributed by atoms with Crippen LogP contribution in [0.3, 0.4) is 0 Å². The number of carbonyl (C=O) groups is 2. The molecule has 1 N–H and O–H groups in total. The van der Waals surface area contributed by atoms with Gasteiger partial charge in [0.25, 0.3) is 0 Å². The second-order valence-corrected chi connectivity index (χ2v) is 6.80. The Morgan fingerprint density at radius 2 is 2.14 bits per heavy atom. The van der Waals surface area contributed by atoms with Crippen molar-refractivity contribution in [2.75, 3.05) is 5.32 Å². The first-order valence-corrected chi connectivity index (χ1v) is 7.69. The quantitative estimate of drug-likeness (QED) is 0.720. The summed E-state index contributed by atoms with van der Waals surface area (Å²) < 4.78 is 1.07. The van der Waals surface area contributed by atoms with Gasteiger partial charge in [-0.25, -0.2) is 4.98 Å². The SMILES string of the molecule is Cc1nc2cc(NC(=O)CC3(C(=O)[O-])CCC3)ccc2s1.[Na+]. The van der Waals surface area contributed by atoms with Crippen molar-refractivity contribution in [3.63, 3.8) is 0 Å². The van der Waals surface area contributed by atoms with Gasteiger partial charge in [-0.15, -0.1) is 11.3 Å². The molecule has 0 spiro atoms. The Labute approximate surface area is 154 Å². The normalized spacial score (nSPS) is 15.7. The van der Waals surface area contributed by atoms with Gasteiger partial charge in [-0.05, 0) is 38.0 Å². The van der Waals surface area contributed by atoms with Gasteiger partial charge in [0.2, 0.25) is 5.91 Å². The van der Waals surface area contributed by atoms with Crippen LogP contribution in [0, 0.1) is 12.3 Å². The van der Waals surface area contributed by atoms with Crippen LogP contribution >= 0.6 is 11.3 Å². The minimum Gasteiger partial charge on any atom is -0.550 e. The molecule has 3 rings (SSSR count). The number of amides is 1. The van der Waals surface area contributed by atoms with E-state index in [2.05, 4.69) is 10.3 Å². The monoisotopic (exact) mass is 326 g/mol. The third-order valence-corrected chi connectivity index (χ3v) is 4.97. The summed E-state index contributed by atoms with van der Waals surface area (Å²) in [6, 6.07) is 5.53. The third-order valence-electron chi connectivity index (χ3n) is 4.02. The number of hydrogen-bond donors (Lipinski definition) is 1. The molecule has 0 unspecified atom stereocenters. The van der Waals surface area contributed by atoms with E-state index in [-0.39, 0.29) is 41.9 Å². The van der Waals surface area contributed by atoms with Gasteiger partial charge >= 0.3 is 29.6 Å². The molecule has 7 heteroatoms. The largest absolute Gasteiger partial charge is 1.00 e. The van der Waals surface area contributed by atoms with Gasteiger partial charge in [0.15, 0.2) is 0 Å². The van der Waals surface area contributed by atoms with Crippen LogP contribution in [-0.2, 0) is 9.59 Å². The molecule has 5 nitrogen and oxygen atoms in total.